The summed E-state index contributed by atoms with van der Waals surface area (Å²) >= 11 is 0. The predicted molar refractivity (Wildman–Crippen MR) is 80.5 cm³/mol. The van der Waals surface area contributed by atoms with Crippen molar-refractivity contribution in [2.45, 2.75) is 25.8 Å². The number of carbonyl (C=O) groups excluding carboxylic acids is 1. The molecule has 0 radical (unpaired) electrons. The van der Waals surface area contributed by atoms with Gasteiger partial charge in [0.1, 0.15) is 0 Å². The molecule has 0 unspecified atom stereocenters. The van der Waals surface area contributed by atoms with Crippen LogP contribution in [0.1, 0.15) is 35.3 Å². The van der Waals surface area contributed by atoms with Crippen molar-refractivity contribution < 1.29 is 9.53 Å². The molecule has 7 nitrogen and oxygen atoms in total. The Hall–Kier alpha value is -2.15. The maximum Gasteiger partial charge on any atom is 0.254 e. The van der Waals surface area contributed by atoms with E-state index in [0.717, 1.165) is 25.3 Å². The maximum absolute atomic E-state index is 12.4. The minimum absolute atomic E-state index is 0.0806. The van der Waals surface area contributed by atoms with Crippen molar-refractivity contribution in [3.05, 3.63) is 35.9 Å². The molecular formula is C15H21N5O2. The fourth-order valence-electron chi connectivity index (χ4n) is 2.70. The summed E-state index contributed by atoms with van der Waals surface area (Å²) in [5, 5.41) is 14.1. The summed E-state index contributed by atoms with van der Waals surface area (Å²) in [6, 6.07) is 1.90. The number of ether oxygens (including phenoxy) is 1. The highest BCUT2D eigenvalue weighted by Gasteiger charge is 2.25. The van der Waals surface area contributed by atoms with Crippen LogP contribution in [0, 0.1) is 5.92 Å². The zero-order chi connectivity index (χ0) is 15.4. The van der Waals surface area contributed by atoms with E-state index < -0.39 is 0 Å². The number of nitrogens with one attached hydrogen (secondary N) is 2. The summed E-state index contributed by atoms with van der Waals surface area (Å²) in [5.74, 6) is 0.460. The van der Waals surface area contributed by atoms with Crippen molar-refractivity contribution >= 4 is 5.91 Å². The summed E-state index contributed by atoms with van der Waals surface area (Å²) in [7, 11) is 0. The van der Waals surface area contributed by atoms with E-state index in [1.165, 1.54) is 0 Å². The van der Waals surface area contributed by atoms with Crippen LogP contribution < -0.4 is 5.32 Å². The molecule has 1 fully saturated rings. The number of rotatable bonds is 6. The van der Waals surface area contributed by atoms with E-state index in [0.29, 0.717) is 24.6 Å². The van der Waals surface area contributed by atoms with Crippen LogP contribution in [-0.2, 0) is 11.3 Å². The van der Waals surface area contributed by atoms with Gasteiger partial charge in [-0.2, -0.15) is 10.2 Å². The number of hydrogen-bond acceptors (Lipinski definition) is 4. The zero-order valence-corrected chi connectivity index (χ0v) is 12.7. The zero-order valence-electron chi connectivity index (χ0n) is 12.7. The molecule has 7 heteroatoms. The van der Waals surface area contributed by atoms with Gasteiger partial charge in [-0.25, -0.2) is 0 Å². The van der Waals surface area contributed by atoms with Crippen LogP contribution in [0.25, 0.3) is 0 Å². The largest absolute Gasteiger partial charge is 0.381 e. The Morgan fingerprint density at radius 1 is 1.64 bits per heavy atom. The van der Waals surface area contributed by atoms with Crippen LogP contribution in [-0.4, -0.2) is 45.6 Å². The molecule has 1 amide bonds. The molecule has 2 atom stereocenters. The summed E-state index contributed by atoms with van der Waals surface area (Å²) in [6.45, 7) is 4.86. The number of amides is 1. The van der Waals surface area contributed by atoms with Crippen LogP contribution >= 0.6 is 0 Å². The minimum Gasteiger partial charge on any atom is -0.381 e. The molecule has 0 saturated carbocycles. The van der Waals surface area contributed by atoms with Gasteiger partial charge in [-0.3, -0.25) is 14.6 Å². The maximum atomic E-state index is 12.4. The van der Waals surface area contributed by atoms with Gasteiger partial charge >= 0.3 is 0 Å². The van der Waals surface area contributed by atoms with E-state index >= 15 is 0 Å². The lowest BCUT2D eigenvalue weighted by molar-refractivity contribution is 0.0945. The standard InChI is InChI=1S/C15H21N5O2/c1-11(9-20-5-2-4-18-20)7-16-15(21)13-8-17-19-14(13)12-3-6-22-10-12/h2,4-5,8,11-12H,3,6-7,9-10H2,1H3,(H,16,21)(H,17,19)/t11-,12-/m0/s1. The Morgan fingerprint density at radius 2 is 2.55 bits per heavy atom. The number of carbonyl (C=O) groups is 1. The highest BCUT2D eigenvalue weighted by Crippen LogP contribution is 2.25. The first-order valence-corrected chi connectivity index (χ1v) is 7.60. The van der Waals surface area contributed by atoms with Gasteiger partial charge in [0.05, 0.1) is 24.1 Å². The van der Waals surface area contributed by atoms with Gasteiger partial charge in [0, 0.05) is 38.0 Å². The van der Waals surface area contributed by atoms with E-state index in [1.54, 1.807) is 12.4 Å². The highest BCUT2D eigenvalue weighted by molar-refractivity contribution is 5.95. The second-order valence-corrected chi connectivity index (χ2v) is 5.80. The molecule has 1 aliphatic rings. The van der Waals surface area contributed by atoms with Crippen LogP contribution in [0.3, 0.4) is 0 Å². The summed E-state index contributed by atoms with van der Waals surface area (Å²) in [4.78, 5) is 12.4. The van der Waals surface area contributed by atoms with Crippen molar-refractivity contribution in [3.63, 3.8) is 0 Å². The predicted octanol–water partition coefficient (Wildman–Crippen LogP) is 1.18. The smallest absolute Gasteiger partial charge is 0.254 e. The van der Waals surface area contributed by atoms with E-state index in [4.69, 9.17) is 4.74 Å². The fourth-order valence-corrected chi connectivity index (χ4v) is 2.70. The topological polar surface area (TPSA) is 84.8 Å². The van der Waals surface area contributed by atoms with Crippen LogP contribution in [0.2, 0.25) is 0 Å². The normalized spacial score (nSPS) is 19.2. The van der Waals surface area contributed by atoms with E-state index in [9.17, 15) is 4.79 Å². The third-order valence-corrected chi connectivity index (χ3v) is 3.92. The molecule has 0 bridgehead atoms. The molecule has 2 N–H and O–H groups in total. The second-order valence-electron chi connectivity index (χ2n) is 5.80. The Labute approximate surface area is 129 Å². The molecule has 2 aromatic heterocycles. The molecule has 0 spiro atoms. The van der Waals surface area contributed by atoms with Crippen molar-refractivity contribution in [3.8, 4) is 0 Å². The number of aromatic amines is 1. The average Bonchev–Trinajstić information content (AvgIpc) is 3.23. The second kappa shape index (κ2) is 6.74. The third kappa shape index (κ3) is 3.36. The summed E-state index contributed by atoms with van der Waals surface area (Å²) in [5.41, 5.74) is 1.51. The number of hydrogen-bond donors (Lipinski definition) is 2. The number of H-pyrrole nitrogens is 1. The fraction of sp³-hybridized carbons (Fsp3) is 0.533. The third-order valence-electron chi connectivity index (χ3n) is 3.92. The van der Waals surface area contributed by atoms with Crippen LogP contribution in [0.15, 0.2) is 24.7 Å². The molecular weight excluding hydrogens is 282 g/mol. The van der Waals surface area contributed by atoms with Crippen molar-refractivity contribution in [2.24, 2.45) is 5.92 Å². The molecule has 22 heavy (non-hydrogen) atoms. The van der Waals surface area contributed by atoms with Crippen LogP contribution in [0.4, 0.5) is 0 Å². The molecule has 1 saturated heterocycles. The molecule has 0 aliphatic carbocycles. The van der Waals surface area contributed by atoms with Crippen molar-refractivity contribution in [2.75, 3.05) is 19.8 Å². The van der Waals surface area contributed by atoms with E-state index in [-0.39, 0.29) is 11.8 Å². The molecule has 3 rings (SSSR count). The van der Waals surface area contributed by atoms with Gasteiger partial charge in [-0.05, 0) is 18.4 Å². The minimum atomic E-state index is -0.0806. The summed E-state index contributed by atoms with van der Waals surface area (Å²) in [6.07, 6.45) is 6.21. The Kier molecular flexibility index (Phi) is 4.53. The van der Waals surface area contributed by atoms with E-state index in [2.05, 4.69) is 27.5 Å². The monoisotopic (exact) mass is 303 g/mol. The van der Waals surface area contributed by atoms with Gasteiger partial charge in [-0.15, -0.1) is 0 Å². The SMILES string of the molecule is C[C@@H](CNC(=O)c1cn[nH]c1[C@H]1CCOC1)Cn1cccn1. The molecule has 1 aliphatic heterocycles. The molecule has 3 heterocycles. The van der Waals surface area contributed by atoms with Crippen LogP contribution in [0.5, 0.6) is 0 Å². The first-order chi connectivity index (χ1) is 10.7. The molecule has 118 valence electrons. The lowest BCUT2D eigenvalue weighted by atomic mass is 10.0. The number of aromatic nitrogens is 4. The average molecular weight is 303 g/mol. The van der Waals surface area contributed by atoms with Gasteiger partial charge in [0.25, 0.3) is 5.91 Å². The van der Waals surface area contributed by atoms with Crippen molar-refractivity contribution in [1.29, 1.82) is 0 Å². The number of nitrogens with zero attached hydrogens (tertiary/aromatic N) is 3. The lowest BCUT2D eigenvalue weighted by Crippen LogP contribution is -2.30. The van der Waals surface area contributed by atoms with Gasteiger partial charge < -0.3 is 10.1 Å². The molecule has 2 aromatic rings. The Balaban J connectivity index is 1.54. The first kappa shape index (κ1) is 14.8. The summed E-state index contributed by atoms with van der Waals surface area (Å²) < 4.78 is 7.25. The van der Waals surface area contributed by atoms with Gasteiger partial charge in [0.15, 0.2) is 0 Å². The Bertz CT molecular complexity index is 601. The quantitative estimate of drug-likeness (QED) is 0.839. The van der Waals surface area contributed by atoms with Gasteiger partial charge in [0.2, 0.25) is 0 Å². The van der Waals surface area contributed by atoms with Gasteiger partial charge in [-0.1, -0.05) is 6.92 Å². The van der Waals surface area contributed by atoms with Crippen molar-refractivity contribution in [1.82, 2.24) is 25.3 Å². The molecule has 0 aromatic carbocycles. The van der Waals surface area contributed by atoms with E-state index in [1.807, 2.05) is 16.9 Å². The lowest BCUT2D eigenvalue weighted by Gasteiger charge is -2.13. The highest BCUT2D eigenvalue weighted by atomic mass is 16.5. The first-order valence-electron chi connectivity index (χ1n) is 7.60. The Morgan fingerprint density at radius 3 is 3.27 bits per heavy atom.